The summed E-state index contributed by atoms with van der Waals surface area (Å²) in [6.07, 6.45) is 6.07. The summed E-state index contributed by atoms with van der Waals surface area (Å²) in [6.45, 7) is 0. The SMILES string of the molecule is COc1cc(OC)c([N+](=O)[O-])cc1/C=N\N1C(=O)[C@@H]2[C@H](C1=O)[C@H]1C=C[C@H]2C1. The van der Waals surface area contributed by atoms with Crippen molar-refractivity contribution in [1.82, 2.24) is 5.01 Å². The molecule has 9 nitrogen and oxygen atoms in total. The van der Waals surface area contributed by atoms with Gasteiger partial charge in [-0.05, 0) is 18.3 Å². The molecule has 1 saturated heterocycles. The van der Waals surface area contributed by atoms with Crippen LogP contribution in [0.3, 0.4) is 0 Å². The van der Waals surface area contributed by atoms with Gasteiger partial charge in [0.1, 0.15) is 5.75 Å². The second-order valence-electron chi connectivity index (χ2n) is 6.76. The minimum Gasteiger partial charge on any atom is -0.496 e. The number of nitrogens with zero attached hydrogens (tertiary/aromatic N) is 3. The maximum absolute atomic E-state index is 12.6. The molecule has 4 rings (SSSR count). The van der Waals surface area contributed by atoms with Gasteiger partial charge < -0.3 is 9.47 Å². The molecule has 2 bridgehead atoms. The number of hydrogen-bond donors (Lipinski definition) is 0. The molecule has 0 unspecified atom stereocenters. The van der Waals surface area contributed by atoms with Crippen molar-refractivity contribution >= 4 is 23.7 Å². The Hall–Kier alpha value is -3.23. The van der Waals surface area contributed by atoms with Gasteiger partial charge in [-0.25, -0.2) is 0 Å². The van der Waals surface area contributed by atoms with Gasteiger partial charge in [0, 0.05) is 17.7 Å². The molecular formula is C18H17N3O6. The van der Waals surface area contributed by atoms with Crippen LogP contribution in [0.15, 0.2) is 29.4 Å². The van der Waals surface area contributed by atoms with Crippen molar-refractivity contribution in [3.63, 3.8) is 0 Å². The minimum absolute atomic E-state index is 0.0412. The molecule has 2 aliphatic carbocycles. The van der Waals surface area contributed by atoms with Crippen LogP contribution in [0, 0.1) is 33.8 Å². The molecule has 1 heterocycles. The summed E-state index contributed by atoms with van der Waals surface area (Å²) < 4.78 is 10.2. The van der Waals surface area contributed by atoms with E-state index in [1.54, 1.807) is 0 Å². The quantitative estimate of drug-likeness (QED) is 0.256. The normalized spacial score (nSPS) is 28.3. The predicted molar refractivity (Wildman–Crippen MR) is 93.4 cm³/mol. The molecule has 2 fully saturated rings. The third-order valence-corrected chi connectivity index (χ3v) is 5.49. The number of ether oxygens (including phenoxy) is 2. The van der Waals surface area contributed by atoms with Gasteiger partial charge in [0.15, 0.2) is 0 Å². The highest BCUT2D eigenvalue weighted by Gasteiger charge is 2.59. The lowest BCUT2D eigenvalue weighted by molar-refractivity contribution is -0.385. The van der Waals surface area contributed by atoms with Crippen LogP contribution in [0.4, 0.5) is 5.69 Å². The molecule has 0 N–H and O–H groups in total. The van der Waals surface area contributed by atoms with Crippen molar-refractivity contribution in [3.8, 4) is 11.5 Å². The van der Waals surface area contributed by atoms with E-state index >= 15 is 0 Å². The van der Waals surface area contributed by atoms with Crippen LogP contribution in [0.25, 0.3) is 0 Å². The summed E-state index contributed by atoms with van der Waals surface area (Å²) >= 11 is 0. The highest BCUT2D eigenvalue weighted by atomic mass is 16.6. The van der Waals surface area contributed by atoms with Crippen LogP contribution in [-0.2, 0) is 9.59 Å². The minimum atomic E-state index is -0.588. The molecule has 140 valence electrons. The van der Waals surface area contributed by atoms with Crippen LogP contribution in [0.1, 0.15) is 12.0 Å². The van der Waals surface area contributed by atoms with E-state index in [0.717, 1.165) is 11.4 Å². The third-order valence-electron chi connectivity index (χ3n) is 5.49. The molecule has 1 saturated carbocycles. The molecule has 0 aromatic heterocycles. The number of hydrogen-bond acceptors (Lipinski definition) is 7. The Labute approximate surface area is 154 Å². The number of nitro benzene ring substituents is 1. The number of rotatable bonds is 5. The topological polar surface area (TPSA) is 111 Å². The zero-order valence-electron chi connectivity index (χ0n) is 14.7. The summed E-state index contributed by atoms with van der Waals surface area (Å²) in [7, 11) is 2.72. The number of imide groups is 1. The Morgan fingerprint density at radius 1 is 1.11 bits per heavy atom. The molecule has 4 atom stereocenters. The summed E-state index contributed by atoms with van der Waals surface area (Å²) in [6, 6.07) is 2.60. The van der Waals surface area contributed by atoms with Crippen molar-refractivity contribution in [2.45, 2.75) is 6.42 Å². The fourth-order valence-corrected chi connectivity index (χ4v) is 4.27. The van der Waals surface area contributed by atoms with E-state index in [4.69, 9.17) is 9.47 Å². The molecule has 3 aliphatic rings. The lowest BCUT2D eigenvalue weighted by atomic mass is 9.85. The van der Waals surface area contributed by atoms with E-state index in [2.05, 4.69) is 5.10 Å². The number of nitro groups is 1. The highest BCUT2D eigenvalue weighted by Crippen LogP contribution is 2.52. The standard InChI is InChI=1S/C18H17N3O6/c1-26-13-7-14(27-2)12(21(24)25)6-11(13)8-19-20-17(22)15-9-3-4-10(5-9)16(15)18(20)23/h3-4,6-10,15-16H,5H2,1-2H3/b19-8-/t9-,10-,15-,16+/m0/s1. The molecule has 1 aromatic carbocycles. The number of methoxy groups -OCH3 is 2. The van der Waals surface area contributed by atoms with Crippen LogP contribution in [0.5, 0.6) is 11.5 Å². The lowest BCUT2D eigenvalue weighted by Crippen LogP contribution is -2.28. The molecule has 9 heteroatoms. The first-order valence-corrected chi connectivity index (χ1v) is 8.46. The van der Waals surface area contributed by atoms with Crippen molar-refractivity contribution in [2.24, 2.45) is 28.8 Å². The number of allylic oxidation sites excluding steroid dienone is 2. The van der Waals surface area contributed by atoms with E-state index in [1.807, 2.05) is 12.2 Å². The summed E-state index contributed by atoms with van der Waals surface area (Å²) in [5.41, 5.74) is 0.00157. The fourth-order valence-electron chi connectivity index (χ4n) is 4.27. The number of carbonyl (C=O) groups excluding carboxylic acids is 2. The van der Waals surface area contributed by atoms with Crippen LogP contribution in [0.2, 0.25) is 0 Å². The molecular weight excluding hydrogens is 354 g/mol. The molecule has 0 spiro atoms. The first kappa shape index (κ1) is 17.2. The van der Waals surface area contributed by atoms with Crippen molar-refractivity contribution < 1.29 is 24.0 Å². The van der Waals surface area contributed by atoms with Gasteiger partial charge in [0.25, 0.3) is 11.8 Å². The Morgan fingerprint density at radius 2 is 1.70 bits per heavy atom. The largest absolute Gasteiger partial charge is 0.496 e. The van der Waals surface area contributed by atoms with Crippen LogP contribution in [-0.4, -0.2) is 42.2 Å². The lowest BCUT2D eigenvalue weighted by Gasteiger charge is -2.13. The highest BCUT2D eigenvalue weighted by molar-refractivity contribution is 6.07. The smallest absolute Gasteiger partial charge is 0.311 e. The maximum Gasteiger partial charge on any atom is 0.311 e. The second-order valence-corrected chi connectivity index (χ2v) is 6.76. The summed E-state index contributed by atoms with van der Waals surface area (Å²) in [5, 5.41) is 16.1. The third kappa shape index (κ3) is 2.49. The molecule has 2 amide bonds. The van der Waals surface area contributed by atoms with Crippen molar-refractivity contribution in [1.29, 1.82) is 0 Å². The Morgan fingerprint density at radius 3 is 2.22 bits per heavy atom. The average Bonchev–Trinajstić information content (AvgIpc) is 3.34. The first-order chi connectivity index (χ1) is 13.0. The number of hydrazone groups is 1. The van der Waals surface area contributed by atoms with Crippen molar-refractivity contribution in [2.75, 3.05) is 14.2 Å². The van der Waals surface area contributed by atoms with Gasteiger partial charge in [-0.1, -0.05) is 12.2 Å². The maximum atomic E-state index is 12.6. The van der Waals surface area contributed by atoms with E-state index < -0.39 is 4.92 Å². The Balaban J connectivity index is 1.65. The van der Waals surface area contributed by atoms with Gasteiger partial charge in [0.2, 0.25) is 5.75 Å². The molecule has 27 heavy (non-hydrogen) atoms. The van der Waals surface area contributed by atoms with E-state index in [0.29, 0.717) is 0 Å². The monoisotopic (exact) mass is 371 g/mol. The van der Waals surface area contributed by atoms with Gasteiger partial charge in [-0.3, -0.25) is 19.7 Å². The van der Waals surface area contributed by atoms with Gasteiger partial charge >= 0.3 is 5.69 Å². The second kappa shape index (κ2) is 6.19. The number of amides is 2. The van der Waals surface area contributed by atoms with Gasteiger partial charge in [-0.2, -0.15) is 10.1 Å². The zero-order chi connectivity index (χ0) is 19.3. The Kier molecular flexibility index (Phi) is 3.94. The zero-order valence-corrected chi connectivity index (χ0v) is 14.7. The van der Waals surface area contributed by atoms with E-state index in [1.165, 1.54) is 32.6 Å². The van der Waals surface area contributed by atoms with Crippen molar-refractivity contribution in [3.05, 3.63) is 40.0 Å². The fraction of sp³-hybridized carbons (Fsp3) is 0.389. The van der Waals surface area contributed by atoms with Gasteiger partial charge in [-0.15, -0.1) is 0 Å². The first-order valence-electron chi connectivity index (χ1n) is 8.46. The molecule has 0 radical (unpaired) electrons. The Bertz CT molecular complexity index is 879. The predicted octanol–water partition coefficient (Wildman–Crippen LogP) is 1.75. The number of carbonyl (C=O) groups is 2. The van der Waals surface area contributed by atoms with Crippen LogP contribution < -0.4 is 9.47 Å². The average molecular weight is 371 g/mol. The number of benzene rings is 1. The number of fused-ring (bicyclic) bond motifs is 5. The van der Waals surface area contributed by atoms with E-state index in [-0.39, 0.29) is 58.2 Å². The summed E-state index contributed by atoms with van der Waals surface area (Å²) in [5.74, 6) is -0.836. The summed E-state index contributed by atoms with van der Waals surface area (Å²) in [4.78, 5) is 35.9. The van der Waals surface area contributed by atoms with Crippen LogP contribution >= 0.6 is 0 Å². The van der Waals surface area contributed by atoms with Gasteiger partial charge in [0.05, 0.1) is 37.2 Å². The van der Waals surface area contributed by atoms with E-state index in [9.17, 15) is 19.7 Å². The molecule has 1 aliphatic heterocycles. The molecule has 1 aromatic rings.